The Morgan fingerprint density at radius 2 is 1.50 bits per heavy atom. The van der Waals surface area contributed by atoms with Gasteiger partial charge >= 0.3 is 5.97 Å². The highest BCUT2D eigenvalue weighted by Gasteiger charge is 2.48. The van der Waals surface area contributed by atoms with Gasteiger partial charge in [-0.15, -0.1) is 0 Å². The van der Waals surface area contributed by atoms with E-state index in [9.17, 15) is 9.59 Å². The second-order valence-electron chi connectivity index (χ2n) is 8.00. The van der Waals surface area contributed by atoms with E-state index in [0.717, 1.165) is 16.1 Å². The first-order chi connectivity index (χ1) is 17.3. The lowest BCUT2D eigenvalue weighted by Gasteiger charge is -2.36. The maximum absolute atomic E-state index is 13.1. The summed E-state index contributed by atoms with van der Waals surface area (Å²) in [6.45, 7) is 2.88. The van der Waals surface area contributed by atoms with Gasteiger partial charge in [-0.25, -0.2) is 0 Å². The van der Waals surface area contributed by atoms with Crippen molar-refractivity contribution in [2.24, 2.45) is 0 Å². The summed E-state index contributed by atoms with van der Waals surface area (Å²) in [5, 5.41) is 0. The molecule has 0 saturated heterocycles. The minimum Gasteiger partial charge on any atom is -0.493 e. The van der Waals surface area contributed by atoms with E-state index in [1.165, 1.54) is 25.6 Å². The van der Waals surface area contributed by atoms with Crippen LogP contribution in [0.2, 0.25) is 0 Å². The predicted molar refractivity (Wildman–Crippen MR) is 140 cm³/mol. The molecule has 7 nitrogen and oxygen atoms in total. The molecule has 0 aromatic heterocycles. The number of methoxy groups -OCH3 is 3. The monoisotopic (exact) mass is 505 g/mol. The van der Waals surface area contributed by atoms with Crippen LogP contribution in [0.5, 0.6) is 23.0 Å². The van der Waals surface area contributed by atoms with Gasteiger partial charge in [0.25, 0.3) is 0 Å². The third-order valence-corrected chi connectivity index (χ3v) is 7.15. The van der Waals surface area contributed by atoms with Crippen molar-refractivity contribution in [3.8, 4) is 23.0 Å². The van der Waals surface area contributed by atoms with Gasteiger partial charge in [0, 0.05) is 24.3 Å². The molecule has 0 radical (unpaired) electrons. The van der Waals surface area contributed by atoms with Crippen LogP contribution in [0, 0.1) is 0 Å². The van der Waals surface area contributed by atoms with Crippen molar-refractivity contribution in [2.45, 2.75) is 23.6 Å². The summed E-state index contributed by atoms with van der Waals surface area (Å²) in [5.41, 5.74) is 2.22. The van der Waals surface area contributed by atoms with Crippen molar-refractivity contribution in [1.29, 1.82) is 0 Å². The van der Waals surface area contributed by atoms with Gasteiger partial charge in [0.15, 0.2) is 11.5 Å². The van der Waals surface area contributed by atoms with Crippen molar-refractivity contribution in [1.82, 2.24) is 0 Å². The van der Waals surface area contributed by atoms with E-state index in [1.807, 2.05) is 60.7 Å². The van der Waals surface area contributed by atoms with Gasteiger partial charge in [0.1, 0.15) is 10.6 Å². The molecule has 186 valence electrons. The minimum atomic E-state index is -1.03. The molecule has 0 unspecified atom stereocenters. The molecular weight excluding hydrogens is 478 g/mol. The molecule has 8 heteroatoms. The van der Waals surface area contributed by atoms with Crippen LogP contribution in [0.4, 0.5) is 5.69 Å². The van der Waals surface area contributed by atoms with Crippen LogP contribution in [0.15, 0.2) is 71.6 Å². The summed E-state index contributed by atoms with van der Waals surface area (Å²) in [6.07, 6.45) is 3.83. The van der Waals surface area contributed by atoms with Crippen LogP contribution in [0.3, 0.4) is 0 Å². The number of hydrogen-bond acceptors (Lipinski definition) is 7. The van der Waals surface area contributed by atoms with Crippen LogP contribution in [-0.2, 0) is 14.5 Å². The molecule has 0 fully saturated rings. The molecule has 0 spiro atoms. The number of anilines is 1. The third kappa shape index (κ3) is 4.52. The number of carbonyl (C=O) groups excluding carboxylic acids is 2. The molecule has 4 rings (SSSR count). The standard InChI is InChI=1S/C28H27NO6S/c1-18(30)29-22-11-7-9-13-26(22)36-28(29,21-10-6-8-12-23(21)35-19(2)31)15-14-20-16-24(32-3)27(34-5)25(17-20)33-4/h6-17H,1-5H3/b15-14+/t28-/m0/s1. The number of benzene rings is 3. The van der Waals surface area contributed by atoms with Crippen molar-refractivity contribution in [2.75, 3.05) is 26.2 Å². The number of ether oxygens (including phenoxy) is 4. The van der Waals surface area contributed by atoms with E-state index in [-0.39, 0.29) is 5.91 Å². The lowest BCUT2D eigenvalue weighted by molar-refractivity contribution is -0.131. The number of fused-ring (bicyclic) bond motifs is 1. The maximum Gasteiger partial charge on any atom is 0.308 e. The number of carbonyl (C=O) groups is 2. The van der Waals surface area contributed by atoms with E-state index < -0.39 is 10.8 Å². The van der Waals surface area contributed by atoms with Gasteiger partial charge in [-0.3, -0.25) is 14.5 Å². The van der Waals surface area contributed by atoms with Gasteiger partial charge in [0.2, 0.25) is 11.7 Å². The molecule has 3 aromatic carbocycles. The molecule has 1 heterocycles. The number of esters is 1. The molecule has 0 N–H and O–H groups in total. The first kappa shape index (κ1) is 25.2. The van der Waals surface area contributed by atoms with Gasteiger partial charge in [0.05, 0.1) is 27.0 Å². The summed E-state index contributed by atoms with van der Waals surface area (Å²) in [4.78, 5) is 26.7. The predicted octanol–water partition coefficient (Wildman–Crippen LogP) is 5.66. The third-order valence-electron chi connectivity index (χ3n) is 5.73. The zero-order chi connectivity index (χ0) is 25.9. The molecule has 0 aliphatic carbocycles. The van der Waals surface area contributed by atoms with Crippen molar-refractivity contribution in [3.05, 3.63) is 77.9 Å². The van der Waals surface area contributed by atoms with Crippen LogP contribution in [0.25, 0.3) is 6.08 Å². The first-order valence-electron chi connectivity index (χ1n) is 11.2. The Morgan fingerprint density at radius 3 is 2.11 bits per heavy atom. The van der Waals surface area contributed by atoms with Crippen LogP contribution in [0.1, 0.15) is 25.0 Å². The molecule has 1 aliphatic rings. The maximum atomic E-state index is 13.1. The van der Waals surface area contributed by atoms with Crippen molar-refractivity contribution >= 4 is 35.4 Å². The number of para-hydroxylation sites is 2. The van der Waals surface area contributed by atoms with Crippen LogP contribution >= 0.6 is 11.8 Å². The Labute approximate surface area is 214 Å². The molecule has 36 heavy (non-hydrogen) atoms. The molecule has 3 aromatic rings. The van der Waals surface area contributed by atoms with E-state index in [1.54, 1.807) is 38.4 Å². The highest BCUT2D eigenvalue weighted by Crippen LogP contribution is 2.58. The Balaban J connectivity index is 1.94. The largest absolute Gasteiger partial charge is 0.493 e. The van der Waals surface area contributed by atoms with Gasteiger partial charge < -0.3 is 18.9 Å². The second-order valence-corrected chi connectivity index (χ2v) is 9.27. The normalized spacial score (nSPS) is 16.5. The fourth-order valence-corrected chi connectivity index (χ4v) is 5.79. The number of nitrogens with zero attached hydrogens (tertiary/aromatic N) is 1. The van der Waals surface area contributed by atoms with Gasteiger partial charge in [-0.1, -0.05) is 48.2 Å². The van der Waals surface area contributed by atoms with Gasteiger partial charge in [-0.2, -0.15) is 0 Å². The lowest BCUT2D eigenvalue weighted by atomic mass is 10.00. The molecule has 0 bridgehead atoms. The Bertz CT molecular complexity index is 1310. The summed E-state index contributed by atoms with van der Waals surface area (Å²) < 4.78 is 22.0. The molecular formula is C28H27NO6S. The summed E-state index contributed by atoms with van der Waals surface area (Å²) in [5.74, 6) is 1.29. The zero-order valence-corrected chi connectivity index (χ0v) is 21.5. The number of hydrogen-bond donors (Lipinski definition) is 0. The van der Waals surface area contributed by atoms with E-state index in [0.29, 0.717) is 28.6 Å². The molecule has 1 atom stereocenters. The fourth-order valence-electron chi connectivity index (χ4n) is 4.31. The Hall–Kier alpha value is -3.91. The number of rotatable bonds is 7. The topological polar surface area (TPSA) is 74.3 Å². The molecule has 1 aliphatic heterocycles. The Morgan fingerprint density at radius 1 is 0.861 bits per heavy atom. The number of amides is 1. The van der Waals surface area contributed by atoms with Crippen LogP contribution < -0.4 is 23.8 Å². The smallest absolute Gasteiger partial charge is 0.308 e. The van der Waals surface area contributed by atoms with E-state index in [2.05, 4.69) is 0 Å². The van der Waals surface area contributed by atoms with Crippen LogP contribution in [-0.4, -0.2) is 33.2 Å². The second kappa shape index (κ2) is 10.4. The highest BCUT2D eigenvalue weighted by molar-refractivity contribution is 8.01. The highest BCUT2D eigenvalue weighted by atomic mass is 32.2. The molecule has 0 saturated carbocycles. The zero-order valence-electron chi connectivity index (χ0n) is 20.7. The molecule has 1 amide bonds. The SMILES string of the molecule is COc1cc(/C=C/[C@@]2(c3ccccc3OC(C)=O)Sc3ccccc3N2C(C)=O)cc(OC)c1OC. The Kier molecular flexibility index (Phi) is 7.26. The number of thioether (sulfide) groups is 1. The quantitative estimate of drug-likeness (QED) is 0.303. The fraction of sp³-hybridized carbons (Fsp3) is 0.214. The minimum absolute atomic E-state index is 0.153. The van der Waals surface area contributed by atoms with E-state index >= 15 is 0 Å². The lowest BCUT2D eigenvalue weighted by Crippen LogP contribution is -2.42. The van der Waals surface area contributed by atoms with Crippen molar-refractivity contribution < 1.29 is 28.5 Å². The van der Waals surface area contributed by atoms with Gasteiger partial charge in [-0.05, 0) is 42.0 Å². The summed E-state index contributed by atoms with van der Waals surface area (Å²) in [7, 11) is 4.67. The summed E-state index contributed by atoms with van der Waals surface area (Å²) >= 11 is 1.50. The average Bonchev–Trinajstić information content (AvgIpc) is 3.22. The summed E-state index contributed by atoms with van der Waals surface area (Å²) in [6, 6.07) is 18.6. The average molecular weight is 506 g/mol. The van der Waals surface area contributed by atoms with E-state index in [4.69, 9.17) is 18.9 Å². The first-order valence-corrected chi connectivity index (χ1v) is 12.0. The van der Waals surface area contributed by atoms with Crippen molar-refractivity contribution in [3.63, 3.8) is 0 Å².